The summed E-state index contributed by atoms with van der Waals surface area (Å²) in [6.45, 7) is 5.61. The maximum absolute atomic E-state index is 13.2. The topological polar surface area (TPSA) is 62.3 Å². The van der Waals surface area contributed by atoms with Gasteiger partial charge < -0.3 is 10.2 Å². The van der Waals surface area contributed by atoms with Crippen LogP contribution in [0.1, 0.15) is 30.0 Å². The van der Waals surface area contributed by atoms with Crippen LogP contribution < -0.4 is 5.32 Å². The van der Waals surface area contributed by atoms with Crippen LogP contribution >= 0.6 is 0 Å². The molecule has 2 amide bonds. The molecule has 0 spiro atoms. The first kappa shape index (κ1) is 22.7. The second-order valence-electron chi connectivity index (χ2n) is 8.99. The van der Waals surface area contributed by atoms with Gasteiger partial charge in [-0.25, -0.2) is 0 Å². The Morgan fingerprint density at radius 3 is 2.55 bits per heavy atom. The number of carbonyl (C=O) groups excluding carboxylic acids is 2. The van der Waals surface area contributed by atoms with E-state index in [9.17, 15) is 9.59 Å². The van der Waals surface area contributed by atoms with E-state index in [2.05, 4.69) is 40.6 Å². The van der Waals surface area contributed by atoms with Crippen molar-refractivity contribution in [3.63, 3.8) is 0 Å². The van der Waals surface area contributed by atoms with Crippen molar-refractivity contribution >= 4 is 11.8 Å². The zero-order chi connectivity index (χ0) is 23.3. The molecule has 1 saturated heterocycles. The predicted octanol–water partition coefficient (Wildman–Crippen LogP) is 4.20. The van der Waals surface area contributed by atoms with E-state index in [-0.39, 0.29) is 11.8 Å². The fourth-order valence-corrected chi connectivity index (χ4v) is 4.69. The lowest BCUT2D eigenvalue weighted by atomic mass is 9.79. The highest BCUT2D eigenvalue weighted by Gasteiger charge is 2.45. The number of hydrogen-bond acceptors (Lipinski definition) is 3. The van der Waals surface area contributed by atoms with Gasteiger partial charge in [-0.05, 0) is 55.0 Å². The van der Waals surface area contributed by atoms with Gasteiger partial charge in [0.2, 0.25) is 11.8 Å². The Morgan fingerprint density at radius 2 is 1.85 bits per heavy atom. The Bertz CT molecular complexity index is 1110. The Labute approximate surface area is 195 Å². The van der Waals surface area contributed by atoms with Crippen molar-refractivity contribution < 1.29 is 9.59 Å². The van der Waals surface area contributed by atoms with Gasteiger partial charge in [-0.15, -0.1) is 0 Å². The van der Waals surface area contributed by atoms with Crippen molar-refractivity contribution in [2.45, 2.75) is 33.1 Å². The highest BCUT2D eigenvalue weighted by molar-refractivity contribution is 5.86. The number of likely N-dealkylation sites (tertiary alicyclic amines) is 1. The molecule has 1 aliphatic heterocycles. The van der Waals surface area contributed by atoms with Crippen LogP contribution in [0.25, 0.3) is 11.1 Å². The third-order valence-electron chi connectivity index (χ3n) is 6.45. The molecule has 1 aliphatic rings. The fourth-order valence-electron chi connectivity index (χ4n) is 4.69. The van der Waals surface area contributed by atoms with Crippen LogP contribution in [0, 0.1) is 12.3 Å². The van der Waals surface area contributed by atoms with E-state index in [1.165, 1.54) is 0 Å². The molecule has 0 unspecified atom stereocenters. The normalized spacial score (nSPS) is 17.7. The third kappa shape index (κ3) is 5.30. The van der Waals surface area contributed by atoms with Crippen molar-refractivity contribution in [1.82, 2.24) is 15.2 Å². The fraction of sp³-hybridized carbons (Fsp3) is 0.321. The van der Waals surface area contributed by atoms with Gasteiger partial charge in [0.25, 0.3) is 0 Å². The number of aromatic nitrogens is 1. The number of hydrogen-bond donors (Lipinski definition) is 1. The highest BCUT2D eigenvalue weighted by atomic mass is 16.2. The SMILES string of the molecule is CCNC(=O)[C@]1(Cc2ccc(-c3cccnc3)cc2)CCN(C(=O)Cc2cccc(C)c2)C1. The average Bonchev–Trinajstić information content (AvgIpc) is 3.26. The van der Waals surface area contributed by atoms with E-state index in [0.717, 1.165) is 27.8 Å². The minimum absolute atomic E-state index is 0.0344. The molecule has 3 aromatic rings. The quantitative estimate of drug-likeness (QED) is 0.598. The maximum atomic E-state index is 13.2. The predicted molar refractivity (Wildman–Crippen MR) is 131 cm³/mol. The highest BCUT2D eigenvalue weighted by Crippen LogP contribution is 2.35. The first-order valence-corrected chi connectivity index (χ1v) is 11.6. The molecule has 2 aromatic carbocycles. The van der Waals surface area contributed by atoms with Crippen LogP contribution in [0.5, 0.6) is 0 Å². The van der Waals surface area contributed by atoms with E-state index >= 15 is 0 Å². The van der Waals surface area contributed by atoms with E-state index in [4.69, 9.17) is 0 Å². The largest absolute Gasteiger partial charge is 0.356 e. The van der Waals surface area contributed by atoms with Crippen LogP contribution in [-0.4, -0.2) is 41.3 Å². The molecule has 33 heavy (non-hydrogen) atoms. The molecular formula is C28H31N3O2. The number of aryl methyl sites for hydroxylation is 1. The Morgan fingerprint density at radius 1 is 1.03 bits per heavy atom. The summed E-state index contributed by atoms with van der Waals surface area (Å²) in [6, 6.07) is 20.3. The van der Waals surface area contributed by atoms with Gasteiger partial charge in [0.05, 0.1) is 11.8 Å². The molecule has 5 heteroatoms. The first-order valence-electron chi connectivity index (χ1n) is 11.6. The van der Waals surface area contributed by atoms with Crippen LogP contribution in [0.4, 0.5) is 0 Å². The number of amides is 2. The summed E-state index contributed by atoms with van der Waals surface area (Å²) in [5.74, 6) is 0.117. The molecule has 1 aromatic heterocycles. The first-order chi connectivity index (χ1) is 16.0. The van der Waals surface area contributed by atoms with Crippen molar-refractivity contribution in [3.05, 3.63) is 89.7 Å². The molecule has 5 nitrogen and oxygen atoms in total. The van der Waals surface area contributed by atoms with Crippen molar-refractivity contribution in [1.29, 1.82) is 0 Å². The lowest BCUT2D eigenvalue weighted by Gasteiger charge is -2.28. The van der Waals surface area contributed by atoms with Crippen LogP contribution in [0.15, 0.2) is 73.1 Å². The second-order valence-corrected chi connectivity index (χ2v) is 8.99. The van der Waals surface area contributed by atoms with E-state index in [0.29, 0.717) is 38.9 Å². The molecular weight excluding hydrogens is 410 g/mol. The minimum atomic E-state index is -0.603. The lowest BCUT2D eigenvalue weighted by Crippen LogP contribution is -2.45. The average molecular weight is 442 g/mol. The second kappa shape index (κ2) is 9.99. The van der Waals surface area contributed by atoms with E-state index in [1.807, 2.05) is 55.3 Å². The van der Waals surface area contributed by atoms with Gasteiger partial charge in [0.15, 0.2) is 0 Å². The molecule has 1 N–H and O–H groups in total. The monoisotopic (exact) mass is 441 g/mol. The zero-order valence-corrected chi connectivity index (χ0v) is 19.4. The Balaban J connectivity index is 1.50. The summed E-state index contributed by atoms with van der Waals surface area (Å²) in [7, 11) is 0. The summed E-state index contributed by atoms with van der Waals surface area (Å²) >= 11 is 0. The van der Waals surface area contributed by atoms with Gasteiger partial charge in [-0.1, -0.05) is 60.2 Å². The number of pyridine rings is 1. The van der Waals surface area contributed by atoms with Crippen molar-refractivity contribution in [2.24, 2.45) is 5.41 Å². The van der Waals surface area contributed by atoms with Crippen molar-refractivity contribution in [3.8, 4) is 11.1 Å². The summed E-state index contributed by atoms with van der Waals surface area (Å²) < 4.78 is 0. The summed E-state index contributed by atoms with van der Waals surface area (Å²) in [6.07, 6.45) is 5.26. The summed E-state index contributed by atoms with van der Waals surface area (Å²) in [5, 5.41) is 3.02. The van der Waals surface area contributed by atoms with Gasteiger partial charge in [0.1, 0.15) is 0 Å². The standard InChI is InChI=1S/C28H31N3O2/c1-3-30-27(33)28(18-22-9-11-24(12-10-22)25-8-5-14-29-19-25)13-15-31(20-28)26(32)17-23-7-4-6-21(2)16-23/h4-12,14,16,19H,3,13,15,17-18,20H2,1-2H3,(H,30,33)/t28-/m0/s1. The van der Waals surface area contributed by atoms with Crippen molar-refractivity contribution in [2.75, 3.05) is 19.6 Å². The molecule has 0 radical (unpaired) electrons. The lowest BCUT2D eigenvalue weighted by molar-refractivity contribution is -0.132. The molecule has 0 saturated carbocycles. The van der Waals surface area contributed by atoms with Crippen LogP contribution in [-0.2, 0) is 22.4 Å². The molecule has 2 heterocycles. The molecule has 1 fully saturated rings. The minimum Gasteiger partial charge on any atom is -0.356 e. The Kier molecular flexibility index (Phi) is 6.87. The number of rotatable bonds is 7. The van der Waals surface area contributed by atoms with E-state index in [1.54, 1.807) is 6.20 Å². The molecule has 1 atom stereocenters. The third-order valence-corrected chi connectivity index (χ3v) is 6.45. The number of nitrogens with zero attached hydrogens (tertiary/aromatic N) is 2. The summed E-state index contributed by atoms with van der Waals surface area (Å²) in [5.41, 5.74) is 4.82. The van der Waals surface area contributed by atoms with E-state index < -0.39 is 5.41 Å². The molecule has 0 bridgehead atoms. The summed E-state index contributed by atoms with van der Waals surface area (Å²) in [4.78, 5) is 32.3. The van der Waals surface area contributed by atoms with Crippen LogP contribution in [0.3, 0.4) is 0 Å². The van der Waals surface area contributed by atoms with Gasteiger partial charge in [-0.2, -0.15) is 0 Å². The number of carbonyl (C=O) groups is 2. The van der Waals surface area contributed by atoms with Gasteiger partial charge in [-0.3, -0.25) is 14.6 Å². The van der Waals surface area contributed by atoms with Gasteiger partial charge >= 0.3 is 0 Å². The number of benzene rings is 2. The maximum Gasteiger partial charge on any atom is 0.228 e. The zero-order valence-electron chi connectivity index (χ0n) is 19.4. The van der Waals surface area contributed by atoms with Crippen LogP contribution in [0.2, 0.25) is 0 Å². The molecule has 170 valence electrons. The Hall–Kier alpha value is -3.47. The van der Waals surface area contributed by atoms with Gasteiger partial charge in [0, 0.05) is 32.0 Å². The number of nitrogens with one attached hydrogen (secondary N) is 1. The smallest absolute Gasteiger partial charge is 0.228 e. The molecule has 0 aliphatic carbocycles. The molecule has 4 rings (SSSR count).